The molecule has 0 saturated heterocycles. The molecule has 7 heteroatoms. The van der Waals surface area contributed by atoms with Gasteiger partial charge in [-0.15, -0.1) is 0 Å². The molecule has 198 valence electrons. The van der Waals surface area contributed by atoms with E-state index in [0.29, 0.717) is 24.2 Å². The Labute approximate surface area is 214 Å². The Balaban J connectivity index is 2.86. The van der Waals surface area contributed by atoms with Crippen LogP contribution in [0, 0.1) is 0 Å². The normalized spacial score (nSPS) is 13.7. The van der Waals surface area contributed by atoms with Crippen LogP contribution in [0.25, 0.3) is 0 Å². The highest BCUT2D eigenvalue weighted by Gasteiger charge is 2.22. The molecule has 0 aliphatic carbocycles. The lowest BCUT2D eigenvalue weighted by Crippen LogP contribution is -2.17. The molecule has 1 rings (SSSR count). The predicted molar refractivity (Wildman–Crippen MR) is 143 cm³/mol. The molecular weight excluding hydrogens is 458 g/mol. The van der Waals surface area contributed by atoms with Crippen molar-refractivity contribution >= 4 is 11.9 Å². The van der Waals surface area contributed by atoms with Crippen LogP contribution >= 0.6 is 0 Å². The summed E-state index contributed by atoms with van der Waals surface area (Å²) >= 11 is 0. The number of hydrogen-bond acceptors (Lipinski definition) is 6. The van der Waals surface area contributed by atoms with Gasteiger partial charge in [0.1, 0.15) is 17.1 Å². The molecule has 0 saturated carbocycles. The standard InChI is InChI=1S/C29H41NO6/c1-7-8-9-10-13-20(2)15-16-21(3)18-23(5)27(32)26-24(31)19-25(36-28(26)33)22(4)14-11-12-17-30-29(34)35-6/h12,15-19,22,31H,7-11,13-14H2,1-6H3,(H,30,34)/b17-12+,20-15+,21-16+,23-18+. The number of alkyl carbamates (subject to hydrolysis) is 1. The second kappa shape index (κ2) is 16.3. The first-order chi connectivity index (χ1) is 17.1. The Morgan fingerprint density at radius 2 is 1.89 bits per heavy atom. The maximum Gasteiger partial charge on any atom is 0.410 e. The largest absolute Gasteiger partial charge is 0.507 e. The molecule has 1 amide bonds. The Bertz CT molecular complexity index is 1060. The monoisotopic (exact) mass is 499 g/mol. The quantitative estimate of drug-likeness (QED) is 0.122. The van der Waals surface area contributed by atoms with Crippen LogP contribution in [0.5, 0.6) is 5.75 Å². The van der Waals surface area contributed by atoms with Crippen molar-refractivity contribution in [2.24, 2.45) is 0 Å². The molecule has 1 heterocycles. The molecule has 0 aliphatic heterocycles. The van der Waals surface area contributed by atoms with Gasteiger partial charge in [0.15, 0.2) is 5.78 Å². The summed E-state index contributed by atoms with van der Waals surface area (Å²) in [5, 5.41) is 12.9. The van der Waals surface area contributed by atoms with Crippen molar-refractivity contribution < 1.29 is 23.8 Å². The van der Waals surface area contributed by atoms with Crippen LogP contribution in [-0.4, -0.2) is 24.1 Å². The van der Waals surface area contributed by atoms with Gasteiger partial charge in [0.2, 0.25) is 0 Å². The van der Waals surface area contributed by atoms with Crippen LogP contribution in [0.4, 0.5) is 4.79 Å². The molecular formula is C29H41NO6. The third-order valence-electron chi connectivity index (χ3n) is 5.79. The Morgan fingerprint density at radius 3 is 2.53 bits per heavy atom. The number of aromatic hydroxyl groups is 1. The number of allylic oxidation sites excluding steroid dienone is 7. The summed E-state index contributed by atoms with van der Waals surface area (Å²) in [5.41, 5.74) is 1.27. The highest BCUT2D eigenvalue weighted by molar-refractivity contribution is 6.09. The average molecular weight is 500 g/mol. The highest BCUT2D eigenvalue weighted by atomic mass is 16.5. The summed E-state index contributed by atoms with van der Waals surface area (Å²) in [6.45, 7) is 9.64. The first-order valence-electron chi connectivity index (χ1n) is 12.5. The molecule has 1 aromatic heterocycles. The number of carbonyl (C=O) groups is 2. The number of rotatable bonds is 14. The van der Waals surface area contributed by atoms with E-state index in [9.17, 15) is 19.5 Å². The van der Waals surface area contributed by atoms with Crippen molar-refractivity contribution in [3.8, 4) is 5.75 Å². The van der Waals surface area contributed by atoms with E-state index in [0.717, 1.165) is 12.0 Å². The number of nitrogens with one attached hydrogen (secondary N) is 1. The van der Waals surface area contributed by atoms with Crippen LogP contribution in [0.3, 0.4) is 0 Å². The minimum atomic E-state index is -0.859. The lowest BCUT2D eigenvalue weighted by atomic mass is 9.99. The fourth-order valence-corrected chi connectivity index (χ4v) is 3.55. The van der Waals surface area contributed by atoms with Crippen LogP contribution < -0.4 is 10.9 Å². The fraction of sp³-hybridized carbons (Fsp3) is 0.483. The van der Waals surface area contributed by atoms with E-state index in [1.165, 1.54) is 50.6 Å². The molecule has 0 radical (unpaired) electrons. The Kier molecular flexibility index (Phi) is 13.9. The van der Waals surface area contributed by atoms with Gasteiger partial charge in [0.25, 0.3) is 0 Å². The van der Waals surface area contributed by atoms with E-state index in [4.69, 9.17) is 4.42 Å². The molecule has 1 atom stereocenters. The summed E-state index contributed by atoms with van der Waals surface area (Å²) in [7, 11) is 1.28. The van der Waals surface area contributed by atoms with Crippen LogP contribution in [-0.2, 0) is 4.74 Å². The maximum atomic E-state index is 12.9. The molecule has 7 nitrogen and oxygen atoms in total. The van der Waals surface area contributed by atoms with E-state index in [-0.39, 0.29) is 11.5 Å². The highest BCUT2D eigenvalue weighted by Crippen LogP contribution is 2.26. The van der Waals surface area contributed by atoms with Crippen LogP contribution in [0.1, 0.15) is 102 Å². The minimum Gasteiger partial charge on any atom is -0.507 e. The summed E-state index contributed by atoms with van der Waals surface area (Å²) in [4.78, 5) is 36.5. The fourth-order valence-electron chi connectivity index (χ4n) is 3.55. The van der Waals surface area contributed by atoms with Gasteiger partial charge >= 0.3 is 11.7 Å². The van der Waals surface area contributed by atoms with Gasteiger partial charge in [-0.25, -0.2) is 9.59 Å². The van der Waals surface area contributed by atoms with E-state index >= 15 is 0 Å². The number of hydrogen-bond donors (Lipinski definition) is 2. The van der Waals surface area contributed by atoms with E-state index in [2.05, 4.69) is 30.0 Å². The van der Waals surface area contributed by atoms with Crippen molar-refractivity contribution in [3.63, 3.8) is 0 Å². The van der Waals surface area contributed by atoms with Gasteiger partial charge in [-0.1, -0.05) is 68.6 Å². The van der Waals surface area contributed by atoms with Gasteiger partial charge in [0.05, 0.1) is 7.11 Å². The zero-order chi connectivity index (χ0) is 27.1. The number of unbranched alkanes of at least 4 members (excludes halogenated alkanes) is 3. The molecule has 2 N–H and O–H groups in total. The first kappa shape index (κ1) is 30.7. The number of ketones is 1. The third-order valence-corrected chi connectivity index (χ3v) is 5.79. The maximum absolute atomic E-state index is 12.9. The number of amides is 1. The molecule has 0 fully saturated rings. The van der Waals surface area contributed by atoms with Crippen LogP contribution in [0.2, 0.25) is 0 Å². The zero-order valence-corrected chi connectivity index (χ0v) is 22.5. The molecule has 1 aromatic rings. The molecule has 0 bridgehead atoms. The lowest BCUT2D eigenvalue weighted by Gasteiger charge is -2.11. The van der Waals surface area contributed by atoms with Crippen molar-refractivity contribution in [1.29, 1.82) is 0 Å². The van der Waals surface area contributed by atoms with Crippen molar-refractivity contribution in [2.75, 3.05) is 7.11 Å². The third kappa shape index (κ3) is 10.9. The molecule has 0 spiro atoms. The SMILES string of the molecule is CCCCCC/C(C)=C/C=C(C)/C=C(\C)C(=O)c1c(O)cc(C(C)CC/C=C/NC(=O)OC)oc1=O. The first-order valence-corrected chi connectivity index (χ1v) is 12.5. The summed E-state index contributed by atoms with van der Waals surface area (Å²) in [5.74, 6) is -0.849. The second-order valence-corrected chi connectivity index (χ2v) is 9.10. The van der Waals surface area contributed by atoms with Crippen molar-refractivity contribution in [3.05, 3.63) is 75.0 Å². The topological polar surface area (TPSA) is 106 Å². The van der Waals surface area contributed by atoms with Gasteiger partial charge in [-0.2, -0.15) is 0 Å². The summed E-state index contributed by atoms with van der Waals surface area (Å²) < 4.78 is 9.84. The predicted octanol–water partition coefficient (Wildman–Crippen LogP) is 7.09. The second-order valence-electron chi connectivity index (χ2n) is 9.10. The molecule has 36 heavy (non-hydrogen) atoms. The van der Waals surface area contributed by atoms with E-state index in [1.807, 2.05) is 19.9 Å². The van der Waals surface area contributed by atoms with Gasteiger partial charge in [-0.05, 0) is 52.0 Å². The van der Waals surface area contributed by atoms with E-state index < -0.39 is 23.3 Å². The van der Waals surface area contributed by atoms with Crippen LogP contribution in [0.15, 0.2) is 62.5 Å². The zero-order valence-electron chi connectivity index (χ0n) is 22.5. The molecule has 0 aromatic carbocycles. The van der Waals surface area contributed by atoms with Gasteiger partial charge < -0.3 is 14.3 Å². The number of carbonyl (C=O) groups excluding carboxylic acids is 2. The van der Waals surface area contributed by atoms with Gasteiger partial charge in [-0.3, -0.25) is 10.1 Å². The smallest absolute Gasteiger partial charge is 0.410 e. The number of methoxy groups -OCH3 is 1. The molecule has 1 unspecified atom stereocenters. The summed E-state index contributed by atoms with van der Waals surface area (Å²) in [6, 6.07) is 1.33. The van der Waals surface area contributed by atoms with Crippen molar-refractivity contribution in [1.82, 2.24) is 5.32 Å². The number of Topliss-reactive ketones (excluding diaryl/α,β-unsaturated/α-hetero) is 1. The average Bonchev–Trinajstić information content (AvgIpc) is 2.84. The lowest BCUT2D eigenvalue weighted by molar-refractivity contribution is 0.102. The van der Waals surface area contributed by atoms with Crippen molar-refractivity contribution in [2.45, 2.75) is 85.5 Å². The summed E-state index contributed by atoms with van der Waals surface area (Å²) in [6.07, 6.45) is 15.5. The van der Waals surface area contributed by atoms with Gasteiger partial charge in [0, 0.05) is 18.2 Å². The van der Waals surface area contributed by atoms with E-state index in [1.54, 1.807) is 19.1 Å². The molecule has 0 aliphatic rings. The Hall–Kier alpha value is -3.35. The Morgan fingerprint density at radius 1 is 1.17 bits per heavy atom. The minimum absolute atomic E-state index is 0.186. The number of ether oxygens (including phenoxy) is 1.